The average molecular weight is 317 g/mol. The van der Waals surface area contributed by atoms with E-state index in [1.807, 2.05) is 48.5 Å². The minimum atomic E-state index is 0.0254. The van der Waals surface area contributed by atoms with Crippen LogP contribution < -0.4 is 10.1 Å². The lowest BCUT2D eigenvalue weighted by atomic mass is 9.99. The summed E-state index contributed by atoms with van der Waals surface area (Å²) in [5, 5.41) is 5.48. The molecule has 0 unspecified atom stereocenters. The lowest BCUT2D eigenvalue weighted by Gasteiger charge is -2.26. The highest BCUT2D eigenvalue weighted by atomic mass is 16.5. The Morgan fingerprint density at radius 1 is 1.00 bits per heavy atom. The van der Waals surface area contributed by atoms with Gasteiger partial charge in [0.15, 0.2) is 0 Å². The molecule has 1 atom stereocenters. The van der Waals surface area contributed by atoms with E-state index in [0.29, 0.717) is 13.0 Å². The first kappa shape index (κ1) is 14.8. The molecular formula is C21H19NO2. The van der Waals surface area contributed by atoms with Crippen molar-refractivity contribution in [3.63, 3.8) is 0 Å². The summed E-state index contributed by atoms with van der Waals surface area (Å²) in [5.74, 6) is 0.923. The molecule has 3 aromatic carbocycles. The Morgan fingerprint density at radius 3 is 2.75 bits per heavy atom. The molecule has 0 spiro atoms. The first-order valence-electron chi connectivity index (χ1n) is 8.29. The second-order valence-corrected chi connectivity index (χ2v) is 6.11. The van der Waals surface area contributed by atoms with Crippen LogP contribution in [-0.2, 0) is 11.2 Å². The lowest BCUT2D eigenvalue weighted by Crippen LogP contribution is -2.33. The van der Waals surface area contributed by atoms with Crippen LogP contribution in [0.3, 0.4) is 0 Å². The van der Waals surface area contributed by atoms with Gasteiger partial charge in [-0.15, -0.1) is 0 Å². The van der Waals surface area contributed by atoms with E-state index in [0.717, 1.165) is 28.7 Å². The molecule has 1 aliphatic heterocycles. The SMILES string of the molecule is O=C(Cc1cccc2ccccc12)N[C@H]1CCOc2ccccc21. The van der Waals surface area contributed by atoms with Crippen molar-refractivity contribution in [2.75, 3.05) is 6.61 Å². The number of ether oxygens (including phenoxy) is 1. The minimum Gasteiger partial charge on any atom is -0.493 e. The summed E-state index contributed by atoms with van der Waals surface area (Å²) in [5.41, 5.74) is 2.13. The Labute approximate surface area is 141 Å². The maximum atomic E-state index is 12.6. The van der Waals surface area contributed by atoms with Crippen LogP contribution >= 0.6 is 0 Å². The highest BCUT2D eigenvalue weighted by Crippen LogP contribution is 2.31. The molecule has 120 valence electrons. The van der Waals surface area contributed by atoms with Crippen molar-refractivity contribution in [2.45, 2.75) is 18.9 Å². The van der Waals surface area contributed by atoms with Crippen molar-refractivity contribution in [3.8, 4) is 5.75 Å². The highest BCUT2D eigenvalue weighted by molar-refractivity contribution is 5.90. The molecule has 3 heteroatoms. The monoisotopic (exact) mass is 317 g/mol. The van der Waals surface area contributed by atoms with Gasteiger partial charge < -0.3 is 10.1 Å². The summed E-state index contributed by atoms with van der Waals surface area (Å²) < 4.78 is 5.66. The average Bonchev–Trinajstić information content (AvgIpc) is 2.62. The molecule has 0 radical (unpaired) electrons. The number of hydrogen-bond donors (Lipinski definition) is 1. The van der Waals surface area contributed by atoms with E-state index in [2.05, 4.69) is 23.5 Å². The molecular weight excluding hydrogens is 298 g/mol. The van der Waals surface area contributed by atoms with Crippen LogP contribution in [0, 0.1) is 0 Å². The Kier molecular flexibility index (Phi) is 3.91. The molecule has 3 aromatic rings. The van der Waals surface area contributed by atoms with Gasteiger partial charge in [-0.3, -0.25) is 4.79 Å². The van der Waals surface area contributed by atoms with Gasteiger partial charge in [-0.1, -0.05) is 60.7 Å². The smallest absolute Gasteiger partial charge is 0.224 e. The topological polar surface area (TPSA) is 38.3 Å². The van der Waals surface area contributed by atoms with Gasteiger partial charge in [0.1, 0.15) is 5.75 Å². The normalized spacial score (nSPS) is 16.2. The zero-order chi connectivity index (χ0) is 16.4. The van der Waals surface area contributed by atoms with Gasteiger partial charge in [0, 0.05) is 12.0 Å². The molecule has 0 aliphatic carbocycles. The predicted molar refractivity (Wildman–Crippen MR) is 95.1 cm³/mol. The van der Waals surface area contributed by atoms with E-state index in [9.17, 15) is 4.79 Å². The van der Waals surface area contributed by atoms with Crippen molar-refractivity contribution in [3.05, 3.63) is 77.9 Å². The van der Waals surface area contributed by atoms with Crippen LogP contribution in [-0.4, -0.2) is 12.5 Å². The number of carbonyl (C=O) groups is 1. The summed E-state index contributed by atoms with van der Waals surface area (Å²) in [6, 6.07) is 22.2. The van der Waals surface area contributed by atoms with Gasteiger partial charge in [0.05, 0.1) is 19.1 Å². The molecule has 0 saturated heterocycles. The molecule has 1 heterocycles. The van der Waals surface area contributed by atoms with E-state index in [-0.39, 0.29) is 11.9 Å². The van der Waals surface area contributed by atoms with Crippen LogP contribution in [0.2, 0.25) is 0 Å². The molecule has 24 heavy (non-hydrogen) atoms. The van der Waals surface area contributed by atoms with Crippen molar-refractivity contribution in [2.24, 2.45) is 0 Å². The number of nitrogens with one attached hydrogen (secondary N) is 1. The number of para-hydroxylation sites is 1. The molecule has 3 nitrogen and oxygen atoms in total. The molecule has 4 rings (SSSR count). The van der Waals surface area contributed by atoms with Gasteiger partial charge in [-0.25, -0.2) is 0 Å². The Balaban J connectivity index is 1.53. The Bertz CT molecular complexity index is 882. The quantitative estimate of drug-likeness (QED) is 0.792. The third-order valence-corrected chi connectivity index (χ3v) is 4.52. The van der Waals surface area contributed by atoms with Gasteiger partial charge in [-0.05, 0) is 22.4 Å². The van der Waals surface area contributed by atoms with Crippen LogP contribution in [0.4, 0.5) is 0 Å². The first-order valence-corrected chi connectivity index (χ1v) is 8.29. The second-order valence-electron chi connectivity index (χ2n) is 6.11. The number of hydrogen-bond acceptors (Lipinski definition) is 2. The lowest BCUT2D eigenvalue weighted by molar-refractivity contribution is -0.121. The summed E-state index contributed by atoms with van der Waals surface area (Å²) in [4.78, 5) is 12.6. The summed E-state index contributed by atoms with van der Waals surface area (Å²) in [7, 11) is 0. The van der Waals surface area contributed by atoms with Crippen LogP contribution in [0.25, 0.3) is 10.8 Å². The van der Waals surface area contributed by atoms with Crippen LogP contribution in [0.15, 0.2) is 66.7 Å². The van der Waals surface area contributed by atoms with E-state index >= 15 is 0 Å². The van der Waals surface area contributed by atoms with Crippen molar-refractivity contribution < 1.29 is 9.53 Å². The molecule has 1 amide bonds. The zero-order valence-corrected chi connectivity index (χ0v) is 13.4. The van der Waals surface area contributed by atoms with Gasteiger partial charge in [-0.2, -0.15) is 0 Å². The fraction of sp³-hybridized carbons (Fsp3) is 0.190. The zero-order valence-electron chi connectivity index (χ0n) is 13.4. The molecule has 1 aliphatic rings. The Morgan fingerprint density at radius 2 is 1.79 bits per heavy atom. The van der Waals surface area contributed by atoms with E-state index < -0.39 is 0 Å². The largest absolute Gasteiger partial charge is 0.493 e. The van der Waals surface area contributed by atoms with Crippen LogP contribution in [0.5, 0.6) is 5.75 Å². The maximum absolute atomic E-state index is 12.6. The number of fused-ring (bicyclic) bond motifs is 2. The summed E-state index contributed by atoms with van der Waals surface area (Å²) in [6.45, 7) is 0.635. The standard InChI is InChI=1S/C21H19NO2/c23-21(14-16-8-5-7-15-6-1-2-9-17(15)16)22-19-12-13-24-20-11-4-3-10-18(19)20/h1-11,19H,12-14H2,(H,22,23)/t19-/m0/s1. The predicted octanol–water partition coefficient (Wildman–Crippen LogP) is 4.02. The van der Waals surface area contributed by atoms with E-state index in [1.54, 1.807) is 0 Å². The number of benzene rings is 3. The number of carbonyl (C=O) groups excluding carboxylic acids is 1. The number of amides is 1. The van der Waals surface area contributed by atoms with Crippen LogP contribution in [0.1, 0.15) is 23.6 Å². The maximum Gasteiger partial charge on any atom is 0.224 e. The Hall–Kier alpha value is -2.81. The molecule has 0 bridgehead atoms. The summed E-state index contributed by atoms with van der Waals surface area (Å²) in [6.07, 6.45) is 1.19. The second kappa shape index (κ2) is 6.36. The number of rotatable bonds is 3. The third kappa shape index (κ3) is 2.85. The van der Waals surface area contributed by atoms with E-state index in [4.69, 9.17) is 4.74 Å². The van der Waals surface area contributed by atoms with E-state index in [1.165, 1.54) is 5.39 Å². The van der Waals surface area contributed by atoms with Gasteiger partial charge >= 0.3 is 0 Å². The fourth-order valence-electron chi connectivity index (χ4n) is 3.36. The molecule has 0 saturated carbocycles. The third-order valence-electron chi connectivity index (χ3n) is 4.52. The van der Waals surface area contributed by atoms with Gasteiger partial charge in [0.25, 0.3) is 0 Å². The molecule has 1 N–H and O–H groups in total. The molecule has 0 aromatic heterocycles. The van der Waals surface area contributed by atoms with Crippen molar-refractivity contribution in [1.29, 1.82) is 0 Å². The molecule has 0 fully saturated rings. The minimum absolute atomic E-state index is 0.0254. The van der Waals surface area contributed by atoms with Gasteiger partial charge in [0.2, 0.25) is 5.91 Å². The van der Waals surface area contributed by atoms with Crippen molar-refractivity contribution in [1.82, 2.24) is 5.32 Å². The summed E-state index contributed by atoms with van der Waals surface area (Å²) >= 11 is 0. The first-order chi connectivity index (χ1) is 11.8. The van der Waals surface area contributed by atoms with Crippen molar-refractivity contribution >= 4 is 16.7 Å². The fourth-order valence-corrected chi connectivity index (χ4v) is 3.36. The highest BCUT2D eigenvalue weighted by Gasteiger charge is 2.22.